The number of nitrogens with zero attached hydrogens (tertiary/aromatic N) is 7. The Morgan fingerprint density at radius 2 is 1.97 bits per heavy atom. The summed E-state index contributed by atoms with van der Waals surface area (Å²) in [5.74, 6) is -0.488. The van der Waals surface area contributed by atoms with E-state index in [1.54, 1.807) is 54.9 Å². The summed E-state index contributed by atoms with van der Waals surface area (Å²) in [5, 5.41) is 11.9. The third-order valence-corrected chi connectivity index (χ3v) is 6.53. The third kappa shape index (κ3) is 4.27. The predicted octanol–water partition coefficient (Wildman–Crippen LogP) is 3.28. The molecule has 5 aromatic rings. The van der Waals surface area contributed by atoms with Gasteiger partial charge in [0.25, 0.3) is 5.91 Å². The fourth-order valence-electron chi connectivity index (χ4n) is 5.06. The Morgan fingerprint density at radius 1 is 1.16 bits per heavy atom. The van der Waals surface area contributed by atoms with Crippen LogP contribution in [-0.2, 0) is 7.05 Å². The molecule has 3 aromatic heterocycles. The Balaban J connectivity index is 1.43. The summed E-state index contributed by atoms with van der Waals surface area (Å²) in [6, 6.07) is 7.31. The topological polar surface area (TPSA) is 106 Å². The van der Waals surface area contributed by atoms with Gasteiger partial charge in [-0.25, -0.2) is 19.3 Å². The van der Waals surface area contributed by atoms with E-state index in [9.17, 15) is 9.18 Å². The lowest BCUT2D eigenvalue weighted by Gasteiger charge is -2.38. The first-order chi connectivity index (χ1) is 17.9. The van der Waals surface area contributed by atoms with Gasteiger partial charge >= 0.3 is 0 Å². The van der Waals surface area contributed by atoms with Crippen molar-refractivity contribution in [2.45, 2.75) is 25.9 Å². The van der Waals surface area contributed by atoms with Gasteiger partial charge in [0, 0.05) is 79.2 Å². The van der Waals surface area contributed by atoms with E-state index in [1.165, 1.54) is 10.7 Å². The number of anilines is 2. The van der Waals surface area contributed by atoms with Gasteiger partial charge in [0.2, 0.25) is 5.95 Å². The quantitative estimate of drug-likeness (QED) is 0.391. The fraction of sp³-hybridized carbons (Fsp3) is 0.269. The van der Waals surface area contributed by atoms with Crippen LogP contribution < -0.4 is 15.5 Å². The van der Waals surface area contributed by atoms with Crippen LogP contribution >= 0.6 is 0 Å². The van der Waals surface area contributed by atoms with Gasteiger partial charge in [0.15, 0.2) is 5.82 Å². The van der Waals surface area contributed by atoms with Crippen LogP contribution in [0.25, 0.3) is 27.8 Å². The summed E-state index contributed by atoms with van der Waals surface area (Å²) in [5.41, 5.74) is 2.44. The predicted molar refractivity (Wildman–Crippen MR) is 140 cm³/mol. The summed E-state index contributed by atoms with van der Waals surface area (Å²) in [7, 11) is 1.73. The standard InChI is InChI=1S/C26H26FN9O/c1-15-11-36(12-16(2)30-15)22-5-4-19(24-20(22)10-29-26(32-24)35-7-6-28-14-35)25(37)31-18-8-17-13-34(3)33-23(17)21(27)9-18/h4-10,13-16,30H,11-12H2,1-3H3,(H,31,37)/t15-,16+. The van der Waals surface area contributed by atoms with E-state index in [0.717, 1.165) is 24.2 Å². The number of rotatable bonds is 4. The van der Waals surface area contributed by atoms with E-state index >= 15 is 0 Å². The second-order valence-corrected chi connectivity index (χ2v) is 9.56. The normalized spacial score (nSPS) is 18.0. The van der Waals surface area contributed by atoms with Crippen LogP contribution in [-0.4, -0.2) is 60.4 Å². The number of piperazine rings is 1. The zero-order chi connectivity index (χ0) is 25.7. The van der Waals surface area contributed by atoms with Crippen LogP contribution in [0.15, 0.2) is 55.4 Å². The molecule has 4 heterocycles. The van der Waals surface area contributed by atoms with E-state index in [2.05, 4.69) is 44.4 Å². The molecule has 1 saturated heterocycles. The van der Waals surface area contributed by atoms with Crippen LogP contribution in [0, 0.1) is 5.82 Å². The highest BCUT2D eigenvalue weighted by Crippen LogP contribution is 2.31. The lowest BCUT2D eigenvalue weighted by molar-refractivity contribution is 0.102. The molecule has 1 aliphatic rings. The molecule has 188 valence electrons. The molecular weight excluding hydrogens is 473 g/mol. The highest BCUT2D eigenvalue weighted by atomic mass is 19.1. The fourth-order valence-corrected chi connectivity index (χ4v) is 5.06. The van der Waals surface area contributed by atoms with Crippen LogP contribution in [0.1, 0.15) is 24.2 Å². The first-order valence-electron chi connectivity index (χ1n) is 12.1. The number of carbonyl (C=O) groups excluding carboxylic acids is 1. The molecule has 0 saturated carbocycles. The molecule has 0 spiro atoms. The first-order valence-corrected chi connectivity index (χ1v) is 12.1. The van der Waals surface area contributed by atoms with Gasteiger partial charge in [-0.05, 0) is 38.1 Å². The Hall–Kier alpha value is -4.38. The molecule has 1 fully saturated rings. The SMILES string of the molecule is C[C@@H]1CN(c2ccc(C(=O)Nc3cc(F)c4nn(C)cc4c3)c3nc(-n4ccnc4)ncc23)C[C@H](C)N1. The largest absolute Gasteiger partial charge is 0.368 e. The Labute approximate surface area is 212 Å². The molecule has 2 atom stereocenters. The molecular formula is C26H26FN9O. The maximum atomic E-state index is 14.6. The van der Waals surface area contributed by atoms with Gasteiger partial charge < -0.3 is 15.5 Å². The highest BCUT2D eigenvalue weighted by Gasteiger charge is 2.25. The summed E-state index contributed by atoms with van der Waals surface area (Å²) in [6.07, 6.45) is 8.46. The number of carbonyl (C=O) groups is 1. The van der Waals surface area contributed by atoms with E-state index in [4.69, 9.17) is 4.98 Å². The maximum absolute atomic E-state index is 14.6. The van der Waals surface area contributed by atoms with Crippen LogP contribution in [0.3, 0.4) is 0 Å². The minimum absolute atomic E-state index is 0.257. The van der Waals surface area contributed by atoms with E-state index in [0.29, 0.717) is 40.2 Å². The minimum Gasteiger partial charge on any atom is -0.368 e. The van der Waals surface area contributed by atoms with E-state index < -0.39 is 11.7 Å². The van der Waals surface area contributed by atoms with Crippen LogP contribution in [0.2, 0.25) is 0 Å². The van der Waals surface area contributed by atoms with E-state index in [1.807, 2.05) is 6.07 Å². The summed E-state index contributed by atoms with van der Waals surface area (Å²) in [6.45, 7) is 5.94. The molecule has 0 bridgehead atoms. The van der Waals surface area contributed by atoms with Crippen molar-refractivity contribution in [3.8, 4) is 5.95 Å². The number of hydrogen-bond acceptors (Lipinski definition) is 7. The van der Waals surface area contributed by atoms with Crippen molar-refractivity contribution in [1.29, 1.82) is 0 Å². The molecule has 0 radical (unpaired) electrons. The van der Waals surface area contributed by atoms with E-state index in [-0.39, 0.29) is 5.52 Å². The minimum atomic E-state index is -0.500. The Kier molecular flexibility index (Phi) is 5.56. The molecule has 1 amide bonds. The zero-order valence-corrected chi connectivity index (χ0v) is 20.7. The average Bonchev–Trinajstić information content (AvgIpc) is 3.52. The number of hydrogen-bond donors (Lipinski definition) is 2. The Bertz CT molecular complexity index is 1620. The molecule has 37 heavy (non-hydrogen) atoms. The molecule has 0 unspecified atom stereocenters. The van der Waals surface area contributed by atoms with Crippen molar-refractivity contribution < 1.29 is 9.18 Å². The molecule has 2 N–H and O–H groups in total. The number of imidazole rings is 1. The summed E-state index contributed by atoms with van der Waals surface area (Å²) < 4.78 is 17.9. The second kappa shape index (κ2) is 8.93. The smallest absolute Gasteiger partial charge is 0.257 e. The maximum Gasteiger partial charge on any atom is 0.257 e. The monoisotopic (exact) mass is 499 g/mol. The molecule has 1 aliphatic heterocycles. The number of nitrogens with one attached hydrogen (secondary N) is 2. The number of aryl methyl sites for hydroxylation is 1. The van der Waals surface area contributed by atoms with Crippen molar-refractivity contribution in [3.63, 3.8) is 0 Å². The van der Waals surface area contributed by atoms with Crippen molar-refractivity contribution >= 4 is 39.1 Å². The molecule has 0 aliphatic carbocycles. The second-order valence-electron chi connectivity index (χ2n) is 9.56. The summed E-state index contributed by atoms with van der Waals surface area (Å²) >= 11 is 0. The zero-order valence-electron chi connectivity index (χ0n) is 20.7. The lowest BCUT2D eigenvalue weighted by atomic mass is 10.0. The molecule has 11 heteroatoms. The number of aromatic nitrogens is 6. The van der Waals surface area contributed by atoms with Crippen molar-refractivity contribution in [1.82, 2.24) is 34.6 Å². The molecule has 6 rings (SSSR count). The van der Waals surface area contributed by atoms with Crippen molar-refractivity contribution in [2.24, 2.45) is 7.05 Å². The van der Waals surface area contributed by atoms with Gasteiger partial charge in [-0.3, -0.25) is 14.0 Å². The molecule has 2 aromatic carbocycles. The van der Waals surface area contributed by atoms with Gasteiger partial charge in [-0.2, -0.15) is 5.10 Å². The van der Waals surface area contributed by atoms with Crippen LogP contribution in [0.5, 0.6) is 0 Å². The van der Waals surface area contributed by atoms with Gasteiger partial charge in [-0.15, -0.1) is 0 Å². The van der Waals surface area contributed by atoms with Crippen molar-refractivity contribution in [2.75, 3.05) is 23.3 Å². The first kappa shape index (κ1) is 23.0. The Morgan fingerprint density at radius 3 is 2.73 bits per heavy atom. The summed E-state index contributed by atoms with van der Waals surface area (Å²) in [4.78, 5) is 29.2. The molecule has 10 nitrogen and oxygen atoms in total. The third-order valence-electron chi connectivity index (χ3n) is 6.53. The number of halogens is 1. The van der Waals surface area contributed by atoms with Gasteiger partial charge in [0.05, 0.1) is 11.1 Å². The number of fused-ring (bicyclic) bond motifs is 2. The lowest BCUT2D eigenvalue weighted by Crippen LogP contribution is -2.54. The highest BCUT2D eigenvalue weighted by molar-refractivity contribution is 6.14. The number of amides is 1. The average molecular weight is 500 g/mol. The van der Waals surface area contributed by atoms with Crippen molar-refractivity contribution in [3.05, 3.63) is 66.8 Å². The number of benzene rings is 2. The van der Waals surface area contributed by atoms with Gasteiger partial charge in [0.1, 0.15) is 11.8 Å². The van der Waals surface area contributed by atoms with Gasteiger partial charge in [-0.1, -0.05) is 0 Å². The van der Waals surface area contributed by atoms with Crippen LogP contribution in [0.4, 0.5) is 15.8 Å².